The van der Waals surface area contributed by atoms with Crippen LogP contribution in [0.5, 0.6) is 5.75 Å². The Morgan fingerprint density at radius 2 is 1.95 bits per heavy atom. The first-order chi connectivity index (χ1) is 10.4. The molecule has 1 fully saturated rings. The highest BCUT2D eigenvalue weighted by molar-refractivity contribution is 7.89. The van der Waals surface area contributed by atoms with Gasteiger partial charge in [-0.2, -0.15) is 0 Å². The summed E-state index contributed by atoms with van der Waals surface area (Å²) in [6, 6.07) is 5.62. The maximum absolute atomic E-state index is 12.4. The van der Waals surface area contributed by atoms with Crippen molar-refractivity contribution in [2.75, 3.05) is 18.8 Å². The lowest BCUT2D eigenvalue weighted by Crippen LogP contribution is -2.52. The molecule has 0 saturated carbocycles. The van der Waals surface area contributed by atoms with E-state index in [4.69, 9.17) is 4.74 Å². The van der Waals surface area contributed by atoms with Crippen LogP contribution in [0.15, 0.2) is 18.2 Å². The van der Waals surface area contributed by atoms with E-state index >= 15 is 0 Å². The molecule has 0 N–H and O–H groups in total. The Morgan fingerprint density at radius 1 is 1.27 bits per heavy atom. The van der Waals surface area contributed by atoms with Crippen LogP contribution in [0.2, 0.25) is 0 Å². The highest BCUT2D eigenvalue weighted by atomic mass is 32.2. The molecule has 0 atom stereocenters. The van der Waals surface area contributed by atoms with E-state index in [9.17, 15) is 13.2 Å². The monoisotopic (exact) mass is 323 g/mol. The fourth-order valence-electron chi connectivity index (χ4n) is 3.23. The van der Waals surface area contributed by atoms with E-state index in [1.165, 1.54) is 4.31 Å². The molecule has 0 amide bonds. The molecule has 0 radical (unpaired) electrons. The van der Waals surface area contributed by atoms with Crippen molar-refractivity contribution in [3.05, 3.63) is 29.3 Å². The van der Waals surface area contributed by atoms with Gasteiger partial charge in [-0.3, -0.25) is 4.79 Å². The number of carbonyl (C=O) groups excluding carboxylic acids is 1. The van der Waals surface area contributed by atoms with Gasteiger partial charge in [0, 0.05) is 25.9 Å². The van der Waals surface area contributed by atoms with Gasteiger partial charge in [0.15, 0.2) is 5.78 Å². The Labute approximate surface area is 131 Å². The first-order valence-electron chi connectivity index (χ1n) is 7.66. The van der Waals surface area contributed by atoms with Crippen molar-refractivity contribution in [1.82, 2.24) is 4.31 Å². The SMILES string of the molecule is CCS(=O)(=O)N1CCC2(CC1)CC(=O)c1ccc(C)cc1O2. The lowest BCUT2D eigenvalue weighted by Gasteiger charge is -2.43. The smallest absolute Gasteiger partial charge is 0.213 e. The van der Waals surface area contributed by atoms with E-state index in [1.807, 2.05) is 25.1 Å². The van der Waals surface area contributed by atoms with E-state index in [0.717, 1.165) is 5.56 Å². The topological polar surface area (TPSA) is 63.7 Å². The summed E-state index contributed by atoms with van der Waals surface area (Å²) >= 11 is 0. The fraction of sp³-hybridized carbons (Fsp3) is 0.562. The molecule has 0 bridgehead atoms. The Morgan fingerprint density at radius 3 is 2.59 bits per heavy atom. The molecule has 1 saturated heterocycles. The van der Waals surface area contributed by atoms with Gasteiger partial charge in [-0.05, 0) is 31.5 Å². The minimum absolute atomic E-state index is 0.0908. The predicted octanol–water partition coefficient (Wildman–Crippen LogP) is 2.14. The van der Waals surface area contributed by atoms with Crippen molar-refractivity contribution in [2.45, 2.75) is 38.7 Å². The Hall–Kier alpha value is -1.40. The van der Waals surface area contributed by atoms with Crippen LogP contribution in [0.4, 0.5) is 0 Å². The van der Waals surface area contributed by atoms with Crippen molar-refractivity contribution in [3.8, 4) is 5.75 Å². The average Bonchev–Trinajstić information content (AvgIpc) is 2.47. The minimum atomic E-state index is -3.16. The summed E-state index contributed by atoms with van der Waals surface area (Å²) in [5.41, 5.74) is 1.15. The number of hydrogen-bond acceptors (Lipinski definition) is 4. The molecule has 22 heavy (non-hydrogen) atoms. The number of ketones is 1. The maximum atomic E-state index is 12.4. The van der Waals surface area contributed by atoms with Crippen LogP contribution >= 0.6 is 0 Å². The van der Waals surface area contributed by atoms with Gasteiger partial charge in [0.25, 0.3) is 0 Å². The highest BCUT2D eigenvalue weighted by Crippen LogP contribution is 2.40. The number of fused-ring (bicyclic) bond motifs is 1. The number of Topliss-reactive ketones (excluding diaryl/α,β-unsaturated/α-hetero) is 1. The second kappa shape index (κ2) is 5.35. The lowest BCUT2D eigenvalue weighted by atomic mass is 9.83. The van der Waals surface area contributed by atoms with Gasteiger partial charge in [-0.25, -0.2) is 12.7 Å². The molecule has 6 heteroatoms. The zero-order valence-corrected chi connectivity index (χ0v) is 13.8. The molecule has 0 aliphatic carbocycles. The van der Waals surface area contributed by atoms with E-state index in [2.05, 4.69) is 0 Å². The molecule has 1 aromatic carbocycles. The van der Waals surface area contributed by atoms with Crippen LogP contribution in [0.25, 0.3) is 0 Å². The van der Waals surface area contributed by atoms with Crippen molar-refractivity contribution in [2.24, 2.45) is 0 Å². The number of aryl methyl sites for hydroxylation is 1. The number of benzene rings is 1. The Kier molecular flexibility index (Phi) is 3.77. The van der Waals surface area contributed by atoms with Crippen LogP contribution < -0.4 is 4.74 Å². The van der Waals surface area contributed by atoms with E-state index in [-0.39, 0.29) is 11.5 Å². The van der Waals surface area contributed by atoms with Gasteiger partial charge < -0.3 is 4.74 Å². The molecule has 120 valence electrons. The van der Waals surface area contributed by atoms with Crippen molar-refractivity contribution in [1.29, 1.82) is 0 Å². The number of ether oxygens (including phenoxy) is 1. The zero-order valence-electron chi connectivity index (χ0n) is 13.0. The predicted molar refractivity (Wildman–Crippen MR) is 83.8 cm³/mol. The minimum Gasteiger partial charge on any atom is -0.486 e. The number of hydrogen-bond donors (Lipinski definition) is 0. The molecule has 2 aliphatic heterocycles. The van der Waals surface area contributed by atoms with Crippen molar-refractivity contribution >= 4 is 15.8 Å². The fourth-order valence-corrected chi connectivity index (χ4v) is 4.34. The molecular formula is C16H21NO4S. The third-order valence-electron chi connectivity index (χ3n) is 4.64. The molecule has 0 unspecified atom stereocenters. The van der Waals surface area contributed by atoms with Crippen LogP contribution in [0, 0.1) is 6.92 Å². The molecular weight excluding hydrogens is 302 g/mol. The second-order valence-electron chi connectivity index (χ2n) is 6.18. The first kappa shape index (κ1) is 15.5. The van der Waals surface area contributed by atoms with Crippen LogP contribution in [-0.4, -0.2) is 42.9 Å². The molecule has 3 rings (SSSR count). The summed E-state index contributed by atoms with van der Waals surface area (Å²) in [4.78, 5) is 12.4. The van der Waals surface area contributed by atoms with Gasteiger partial charge >= 0.3 is 0 Å². The highest BCUT2D eigenvalue weighted by Gasteiger charge is 2.44. The average molecular weight is 323 g/mol. The lowest BCUT2D eigenvalue weighted by molar-refractivity contribution is 0.00590. The molecule has 2 aliphatic rings. The summed E-state index contributed by atoms with van der Waals surface area (Å²) in [6.07, 6.45) is 1.46. The van der Waals surface area contributed by atoms with Crippen molar-refractivity contribution in [3.63, 3.8) is 0 Å². The van der Waals surface area contributed by atoms with Crippen LogP contribution in [0.1, 0.15) is 42.1 Å². The summed E-state index contributed by atoms with van der Waals surface area (Å²) < 4.78 is 31.6. The van der Waals surface area contributed by atoms with Gasteiger partial charge in [0.1, 0.15) is 11.4 Å². The normalized spacial score (nSPS) is 21.5. The largest absolute Gasteiger partial charge is 0.486 e. The third-order valence-corrected chi connectivity index (χ3v) is 6.52. The van der Waals surface area contributed by atoms with E-state index in [1.54, 1.807) is 6.92 Å². The van der Waals surface area contributed by atoms with Gasteiger partial charge in [0.05, 0.1) is 17.7 Å². The molecule has 1 aromatic rings. The van der Waals surface area contributed by atoms with Crippen LogP contribution in [0.3, 0.4) is 0 Å². The molecule has 1 spiro atoms. The summed E-state index contributed by atoms with van der Waals surface area (Å²) in [5, 5.41) is 0. The zero-order chi connectivity index (χ0) is 16.0. The number of nitrogens with zero attached hydrogens (tertiary/aromatic N) is 1. The van der Waals surface area contributed by atoms with Gasteiger partial charge in [-0.1, -0.05) is 6.07 Å². The van der Waals surface area contributed by atoms with E-state index < -0.39 is 15.6 Å². The van der Waals surface area contributed by atoms with Crippen molar-refractivity contribution < 1.29 is 17.9 Å². The summed E-state index contributed by atoms with van der Waals surface area (Å²) in [5.74, 6) is 0.845. The number of sulfonamides is 1. The third kappa shape index (κ3) is 2.65. The first-order valence-corrected chi connectivity index (χ1v) is 9.27. The summed E-state index contributed by atoms with van der Waals surface area (Å²) in [7, 11) is -3.16. The Balaban J connectivity index is 1.82. The van der Waals surface area contributed by atoms with Gasteiger partial charge in [0.2, 0.25) is 10.0 Å². The summed E-state index contributed by atoms with van der Waals surface area (Å²) in [6.45, 7) is 4.46. The van der Waals surface area contributed by atoms with Crippen LogP contribution in [-0.2, 0) is 10.0 Å². The van der Waals surface area contributed by atoms with E-state index in [0.29, 0.717) is 43.7 Å². The Bertz CT molecular complexity index is 703. The molecule has 2 heterocycles. The maximum Gasteiger partial charge on any atom is 0.213 e. The van der Waals surface area contributed by atoms with Gasteiger partial charge in [-0.15, -0.1) is 0 Å². The molecule has 5 nitrogen and oxygen atoms in total. The standard InChI is InChI=1S/C16H21NO4S/c1-3-22(19,20)17-8-6-16(7-9-17)11-14(18)13-5-4-12(2)10-15(13)21-16/h4-5,10H,3,6-9,11H2,1-2H3. The second-order valence-corrected chi connectivity index (χ2v) is 8.44. The number of piperidine rings is 1. The number of carbonyl (C=O) groups is 1. The number of rotatable bonds is 2. The quantitative estimate of drug-likeness (QED) is 0.836. The molecule has 0 aromatic heterocycles.